The fraction of sp³-hybridized carbons (Fsp3) is 0.684. The maximum absolute atomic E-state index is 5.91. The van der Waals surface area contributed by atoms with E-state index in [1.54, 1.807) is 0 Å². The molecular weight excluding hydrogens is 258 g/mol. The minimum absolute atomic E-state index is 0.216. The lowest BCUT2D eigenvalue weighted by Gasteiger charge is -2.22. The summed E-state index contributed by atoms with van der Waals surface area (Å²) in [6.45, 7) is 11.7. The third-order valence-corrected chi connectivity index (χ3v) is 4.15. The average Bonchev–Trinajstić information content (AvgIpc) is 3.26. The van der Waals surface area contributed by atoms with Gasteiger partial charge in [-0.25, -0.2) is 0 Å². The summed E-state index contributed by atoms with van der Waals surface area (Å²) < 4.78 is 5.91. The second-order valence-electron chi connectivity index (χ2n) is 7.36. The molecule has 2 heteroatoms. The average molecular weight is 289 g/mol. The Morgan fingerprint density at radius 1 is 1.19 bits per heavy atom. The Kier molecular flexibility index (Phi) is 5.83. The lowest BCUT2D eigenvalue weighted by Crippen LogP contribution is -2.27. The molecule has 0 aliphatic heterocycles. The molecule has 21 heavy (non-hydrogen) atoms. The number of benzene rings is 1. The number of ether oxygens (including phenoxy) is 1. The monoisotopic (exact) mass is 289 g/mol. The van der Waals surface area contributed by atoms with Crippen molar-refractivity contribution in [2.75, 3.05) is 19.8 Å². The normalized spacial score (nSPS) is 17.0. The quantitative estimate of drug-likeness (QED) is 0.763. The molecule has 1 atom stereocenters. The van der Waals surface area contributed by atoms with Gasteiger partial charge < -0.3 is 10.1 Å². The number of hydrogen-bond donors (Lipinski definition) is 1. The fourth-order valence-electron chi connectivity index (χ4n) is 2.44. The molecular formula is C19H31NO. The SMILES string of the molecule is CCCNC(COCC1CC1)c1ccc(C(C)(C)C)cc1. The van der Waals surface area contributed by atoms with E-state index in [1.807, 2.05) is 0 Å². The zero-order chi connectivity index (χ0) is 15.3. The van der Waals surface area contributed by atoms with Gasteiger partial charge in [-0.05, 0) is 48.3 Å². The predicted molar refractivity (Wildman–Crippen MR) is 89.7 cm³/mol. The first kappa shape index (κ1) is 16.5. The van der Waals surface area contributed by atoms with Crippen LogP contribution in [0.5, 0.6) is 0 Å². The summed E-state index contributed by atoms with van der Waals surface area (Å²) >= 11 is 0. The van der Waals surface area contributed by atoms with Crippen molar-refractivity contribution in [2.45, 2.75) is 58.4 Å². The standard InChI is InChI=1S/C19H31NO/c1-5-12-20-18(14-21-13-15-6-7-15)16-8-10-17(11-9-16)19(2,3)4/h8-11,15,18,20H,5-7,12-14H2,1-4H3. The van der Waals surface area contributed by atoms with Crippen molar-refractivity contribution in [2.24, 2.45) is 5.92 Å². The van der Waals surface area contributed by atoms with Crippen LogP contribution in [0.4, 0.5) is 0 Å². The zero-order valence-corrected chi connectivity index (χ0v) is 14.1. The number of rotatable bonds is 8. The molecule has 0 bridgehead atoms. The minimum Gasteiger partial charge on any atom is -0.379 e. The molecule has 0 heterocycles. The summed E-state index contributed by atoms with van der Waals surface area (Å²) in [6, 6.07) is 9.36. The zero-order valence-electron chi connectivity index (χ0n) is 14.1. The van der Waals surface area contributed by atoms with E-state index in [0.29, 0.717) is 6.04 Å². The molecule has 0 amide bonds. The van der Waals surface area contributed by atoms with Gasteiger partial charge in [0.05, 0.1) is 12.6 Å². The van der Waals surface area contributed by atoms with Crippen LogP contribution in [0.25, 0.3) is 0 Å². The van der Waals surface area contributed by atoms with Crippen LogP contribution in [0, 0.1) is 5.92 Å². The lowest BCUT2D eigenvalue weighted by atomic mass is 9.86. The Balaban J connectivity index is 1.96. The molecule has 118 valence electrons. The Labute approximate surface area is 130 Å². The van der Waals surface area contributed by atoms with Crippen molar-refractivity contribution in [3.05, 3.63) is 35.4 Å². The van der Waals surface area contributed by atoms with E-state index in [9.17, 15) is 0 Å². The van der Waals surface area contributed by atoms with Gasteiger partial charge in [-0.1, -0.05) is 52.0 Å². The van der Waals surface area contributed by atoms with Crippen molar-refractivity contribution in [3.63, 3.8) is 0 Å². The number of hydrogen-bond acceptors (Lipinski definition) is 2. The van der Waals surface area contributed by atoms with Crippen LogP contribution in [0.2, 0.25) is 0 Å². The highest BCUT2D eigenvalue weighted by atomic mass is 16.5. The highest BCUT2D eigenvalue weighted by Crippen LogP contribution is 2.29. The Morgan fingerprint density at radius 3 is 2.38 bits per heavy atom. The summed E-state index contributed by atoms with van der Waals surface area (Å²) in [5, 5.41) is 3.61. The highest BCUT2D eigenvalue weighted by molar-refractivity contribution is 5.29. The molecule has 0 saturated heterocycles. The van der Waals surface area contributed by atoms with Gasteiger partial charge in [0, 0.05) is 6.61 Å². The molecule has 2 rings (SSSR count). The van der Waals surface area contributed by atoms with Crippen molar-refractivity contribution < 1.29 is 4.74 Å². The van der Waals surface area contributed by atoms with Crippen LogP contribution in [-0.2, 0) is 10.2 Å². The lowest BCUT2D eigenvalue weighted by molar-refractivity contribution is 0.103. The molecule has 1 aromatic carbocycles. The predicted octanol–water partition coefficient (Wildman–Crippen LogP) is 4.45. The molecule has 1 fully saturated rings. The van der Waals surface area contributed by atoms with Gasteiger partial charge in [-0.15, -0.1) is 0 Å². The van der Waals surface area contributed by atoms with E-state index >= 15 is 0 Å². The van der Waals surface area contributed by atoms with Crippen LogP contribution < -0.4 is 5.32 Å². The third kappa shape index (κ3) is 5.44. The molecule has 1 saturated carbocycles. The van der Waals surface area contributed by atoms with Crippen LogP contribution in [-0.4, -0.2) is 19.8 Å². The van der Waals surface area contributed by atoms with Crippen molar-refractivity contribution in [1.29, 1.82) is 0 Å². The van der Waals surface area contributed by atoms with E-state index in [1.165, 1.54) is 24.0 Å². The van der Waals surface area contributed by atoms with Gasteiger partial charge in [0.1, 0.15) is 0 Å². The summed E-state index contributed by atoms with van der Waals surface area (Å²) in [4.78, 5) is 0. The molecule has 1 aromatic rings. The fourth-order valence-corrected chi connectivity index (χ4v) is 2.44. The van der Waals surface area contributed by atoms with Gasteiger partial charge in [0.2, 0.25) is 0 Å². The van der Waals surface area contributed by atoms with Crippen LogP contribution in [0.3, 0.4) is 0 Å². The van der Waals surface area contributed by atoms with Gasteiger partial charge in [0.25, 0.3) is 0 Å². The van der Waals surface area contributed by atoms with Crippen LogP contribution >= 0.6 is 0 Å². The maximum Gasteiger partial charge on any atom is 0.0661 e. The molecule has 1 aliphatic rings. The van der Waals surface area contributed by atoms with Gasteiger partial charge in [-0.3, -0.25) is 0 Å². The van der Waals surface area contributed by atoms with Crippen molar-refractivity contribution in [3.8, 4) is 0 Å². The summed E-state index contributed by atoms with van der Waals surface area (Å²) in [6.07, 6.45) is 3.86. The summed E-state index contributed by atoms with van der Waals surface area (Å²) in [5.74, 6) is 0.833. The Hall–Kier alpha value is -0.860. The van der Waals surface area contributed by atoms with E-state index in [-0.39, 0.29) is 5.41 Å². The van der Waals surface area contributed by atoms with Crippen LogP contribution in [0.15, 0.2) is 24.3 Å². The minimum atomic E-state index is 0.216. The maximum atomic E-state index is 5.91. The first-order chi connectivity index (χ1) is 10.0. The first-order valence-corrected chi connectivity index (χ1v) is 8.42. The van der Waals surface area contributed by atoms with E-state index in [0.717, 1.165) is 32.1 Å². The van der Waals surface area contributed by atoms with Crippen molar-refractivity contribution >= 4 is 0 Å². The van der Waals surface area contributed by atoms with E-state index < -0.39 is 0 Å². The molecule has 1 N–H and O–H groups in total. The molecule has 0 spiro atoms. The molecule has 2 nitrogen and oxygen atoms in total. The molecule has 1 aliphatic carbocycles. The smallest absolute Gasteiger partial charge is 0.0661 e. The highest BCUT2D eigenvalue weighted by Gasteiger charge is 2.22. The third-order valence-electron chi connectivity index (χ3n) is 4.15. The largest absolute Gasteiger partial charge is 0.379 e. The summed E-state index contributed by atoms with van der Waals surface area (Å²) in [5.41, 5.74) is 2.94. The summed E-state index contributed by atoms with van der Waals surface area (Å²) in [7, 11) is 0. The van der Waals surface area contributed by atoms with Gasteiger partial charge >= 0.3 is 0 Å². The van der Waals surface area contributed by atoms with E-state index in [4.69, 9.17) is 4.74 Å². The Morgan fingerprint density at radius 2 is 1.86 bits per heavy atom. The van der Waals surface area contributed by atoms with Gasteiger partial charge in [0.15, 0.2) is 0 Å². The molecule has 0 aromatic heterocycles. The Bertz CT molecular complexity index is 414. The number of nitrogens with one attached hydrogen (secondary N) is 1. The van der Waals surface area contributed by atoms with Crippen molar-refractivity contribution in [1.82, 2.24) is 5.32 Å². The van der Waals surface area contributed by atoms with Crippen LogP contribution in [0.1, 0.15) is 64.1 Å². The molecule has 0 radical (unpaired) electrons. The van der Waals surface area contributed by atoms with E-state index in [2.05, 4.69) is 57.3 Å². The second kappa shape index (κ2) is 7.42. The first-order valence-electron chi connectivity index (χ1n) is 8.42. The topological polar surface area (TPSA) is 21.3 Å². The van der Waals surface area contributed by atoms with Gasteiger partial charge in [-0.2, -0.15) is 0 Å². The molecule has 1 unspecified atom stereocenters. The second-order valence-corrected chi connectivity index (χ2v) is 7.36.